The molecule has 3 aromatic rings. The number of nitrogens with zero attached hydrogens (tertiary/aromatic N) is 2. The standard InChI is InChI=1S/C27H24Cl2N2O4S/c1-5-11-35-24-19(28)12-17(13-20(24)29)14-21-25(32)31-23(18-9-7-15(3)8-10-18)22(26(33)34-6-2)16(4)30-27(31)36-21/h5,7-10,12-14,23H,1,6,11H2,2-4H3/b21-14+/t23-/m1/s1. The molecule has 1 aliphatic rings. The van der Waals surface area contributed by atoms with Crippen molar-refractivity contribution in [3.63, 3.8) is 0 Å². The SMILES string of the molecule is C=CCOc1c(Cl)cc(/C=c2/sc3n(c2=O)[C@H](c2ccc(C)cc2)C(C(=O)OCC)=C(C)N=3)cc1Cl. The molecular weight excluding hydrogens is 519 g/mol. The summed E-state index contributed by atoms with van der Waals surface area (Å²) in [4.78, 5) is 31.7. The molecule has 1 aliphatic heterocycles. The summed E-state index contributed by atoms with van der Waals surface area (Å²) in [6.07, 6.45) is 3.30. The van der Waals surface area contributed by atoms with E-state index in [-0.39, 0.29) is 18.8 Å². The predicted molar refractivity (Wildman–Crippen MR) is 144 cm³/mol. The van der Waals surface area contributed by atoms with Crippen LogP contribution in [0.4, 0.5) is 0 Å². The number of allylic oxidation sites excluding steroid dienone is 1. The van der Waals surface area contributed by atoms with Crippen molar-refractivity contribution in [2.24, 2.45) is 4.99 Å². The molecule has 9 heteroatoms. The number of halogens is 2. The van der Waals surface area contributed by atoms with Crippen molar-refractivity contribution in [2.75, 3.05) is 13.2 Å². The van der Waals surface area contributed by atoms with Crippen molar-refractivity contribution in [3.8, 4) is 5.75 Å². The summed E-state index contributed by atoms with van der Waals surface area (Å²) in [5, 5.41) is 0.641. The van der Waals surface area contributed by atoms with E-state index in [0.717, 1.165) is 11.1 Å². The maximum atomic E-state index is 13.7. The zero-order valence-corrected chi connectivity index (χ0v) is 22.3. The first-order chi connectivity index (χ1) is 17.2. The molecule has 0 radical (unpaired) electrons. The van der Waals surface area contributed by atoms with Gasteiger partial charge in [0.1, 0.15) is 6.61 Å². The van der Waals surface area contributed by atoms with E-state index in [9.17, 15) is 9.59 Å². The number of fused-ring (bicyclic) bond motifs is 1. The lowest BCUT2D eigenvalue weighted by atomic mass is 9.95. The van der Waals surface area contributed by atoms with Gasteiger partial charge in [-0.3, -0.25) is 9.36 Å². The molecule has 6 nitrogen and oxygen atoms in total. The highest BCUT2D eigenvalue weighted by molar-refractivity contribution is 7.07. The Balaban J connectivity index is 1.89. The van der Waals surface area contributed by atoms with E-state index in [2.05, 4.69) is 11.6 Å². The van der Waals surface area contributed by atoms with Gasteiger partial charge < -0.3 is 9.47 Å². The van der Waals surface area contributed by atoms with Crippen LogP contribution in [0.25, 0.3) is 6.08 Å². The summed E-state index contributed by atoms with van der Waals surface area (Å²) < 4.78 is 12.8. The number of esters is 1. The average Bonchev–Trinajstić information content (AvgIpc) is 3.12. The molecule has 0 unspecified atom stereocenters. The first kappa shape index (κ1) is 25.9. The molecule has 0 bridgehead atoms. The third-order valence-electron chi connectivity index (χ3n) is 5.57. The summed E-state index contributed by atoms with van der Waals surface area (Å²) >= 11 is 14.0. The second kappa shape index (κ2) is 10.9. The van der Waals surface area contributed by atoms with Crippen LogP contribution in [0.5, 0.6) is 5.75 Å². The molecule has 36 heavy (non-hydrogen) atoms. The quantitative estimate of drug-likeness (QED) is 0.312. The molecule has 0 fully saturated rings. The Morgan fingerprint density at radius 3 is 2.47 bits per heavy atom. The fraction of sp³-hybridized carbons (Fsp3) is 0.222. The van der Waals surface area contributed by atoms with Crippen LogP contribution in [-0.2, 0) is 9.53 Å². The van der Waals surface area contributed by atoms with Gasteiger partial charge in [0, 0.05) is 0 Å². The smallest absolute Gasteiger partial charge is 0.338 e. The summed E-state index contributed by atoms with van der Waals surface area (Å²) in [6.45, 7) is 9.58. The highest BCUT2D eigenvalue weighted by atomic mass is 35.5. The molecule has 0 saturated heterocycles. The summed E-state index contributed by atoms with van der Waals surface area (Å²) in [6, 6.07) is 10.4. The number of hydrogen-bond acceptors (Lipinski definition) is 6. The van der Waals surface area contributed by atoms with Gasteiger partial charge in [-0.15, -0.1) is 0 Å². The van der Waals surface area contributed by atoms with Gasteiger partial charge in [-0.1, -0.05) is 77.0 Å². The maximum Gasteiger partial charge on any atom is 0.338 e. The number of thiazole rings is 1. The van der Waals surface area contributed by atoms with E-state index in [1.807, 2.05) is 31.2 Å². The van der Waals surface area contributed by atoms with Crippen LogP contribution in [0, 0.1) is 6.92 Å². The number of carbonyl (C=O) groups is 1. The van der Waals surface area contributed by atoms with Crippen LogP contribution in [0.2, 0.25) is 10.0 Å². The predicted octanol–water partition coefficient (Wildman–Crippen LogP) is 4.98. The first-order valence-electron chi connectivity index (χ1n) is 11.2. The molecule has 2 heterocycles. The fourth-order valence-electron chi connectivity index (χ4n) is 3.95. The van der Waals surface area contributed by atoms with E-state index in [1.165, 1.54) is 11.3 Å². The van der Waals surface area contributed by atoms with Crippen molar-refractivity contribution in [3.05, 3.63) is 107 Å². The number of aryl methyl sites for hydroxylation is 1. The summed E-state index contributed by atoms with van der Waals surface area (Å²) in [7, 11) is 0. The monoisotopic (exact) mass is 542 g/mol. The zero-order chi connectivity index (χ0) is 26.0. The Kier molecular flexibility index (Phi) is 7.83. The van der Waals surface area contributed by atoms with Crippen LogP contribution in [-0.4, -0.2) is 23.8 Å². The molecular formula is C27H24Cl2N2O4S. The molecule has 1 atom stereocenters. The molecule has 1 aromatic heterocycles. The molecule has 186 valence electrons. The van der Waals surface area contributed by atoms with Gasteiger partial charge in [0.2, 0.25) is 0 Å². The van der Waals surface area contributed by atoms with Crippen LogP contribution in [0.1, 0.15) is 36.6 Å². The highest BCUT2D eigenvalue weighted by Gasteiger charge is 2.33. The first-order valence-corrected chi connectivity index (χ1v) is 12.8. The van der Waals surface area contributed by atoms with E-state index in [4.69, 9.17) is 32.7 Å². The van der Waals surface area contributed by atoms with Crippen molar-refractivity contribution in [2.45, 2.75) is 26.8 Å². The molecule has 0 amide bonds. The Hall–Kier alpha value is -3.13. The van der Waals surface area contributed by atoms with Gasteiger partial charge in [-0.25, -0.2) is 9.79 Å². The van der Waals surface area contributed by atoms with E-state index in [0.29, 0.717) is 42.0 Å². The number of aromatic nitrogens is 1. The van der Waals surface area contributed by atoms with Gasteiger partial charge in [-0.2, -0.15) is 0 Å². The third-order valence-corrected chi connectivity index (χ3v) is 7.12. The topological polar surface area (TPSA) is 69.9 Å². The van der Waals surface area contributed by atoms with Crippen molar-refractivity contribution < 1.29 is 14.3 Å². The number of carbonyl (C=O) groups excluding carboxylic acids is 1. The molecule has 0 N–H and O–H groups in total. The summed E-state index contributed by atoms with van der Waals surface area (Å²) in [5.41, 5.74) is 3.07. The van der Waals surface area contributed by atoms with E-state index < -0.39 is 12.0 Å². The molecule has 0 spiro atoms. The molecule has 0 aliphatic carbocycles. The Morgan fingerprint density at radius 2 is 1.86 bits per heavy atom. The third kappa shape index (κ3) is 5.05. The van der Waals surface area contributed by atoms with Gasteiger partial charge in [0.25, 0.3) is 5.56 Å². The number of hydrogen-bond donors (Lipinski definition) is 0. The minimum absolute atomic E-state index is 0.217. The summed E-state index contributed by atoms with van der Waals surface area (Å²) in [5.74, 6) is -0.141. The van der Waals surface area contributed by atoms with Crippen LogP contribution in [0.3, 0.4) is 0 Å². The molecule has 2 aromatic carbocycles. The van der Waals surface area contributed by atoms with Gasteiger partial charge in [0.15, 0.2) is 10.6 Å². The second-order valence-corrected chi connectivity index (χ2v) is 9.95. The zero-order valence-electron chi connectivity index (χ0n) is 20.0. The van der Waals surface area contributed by atoms with Crippen LogP contribution in [0.15, 0.2) is 70.1 Å². The van der Waals surface area contributed by atoms with Gasteiger partial charge in [-0.05, 0) is 50.1 Å². The van der Waals surface area contributed by atoms with Crippen LogP contribution >= 0.6 is 34.5 Å². The lowest BCUT2D eigenvalue weighted by Gasteiger charge is -2.24. The van der Waals surface area contributed by atoms with Crippen LogP contribution < -0.4 is 19.6 Å². The van der Waals surface area contributed by atoms with Gasteiger partial charge in [0.05, 0.1) is 38.5 Å². The van der Waals surface area contributed by atoms with E-state index >= 15 is 0 Å². The largest absolute Gasteiger partial charge is 0.486 e. The number of ether oxygens (including phenoxy) is 2. The lowest BCUT2D eigenvalue weighted by Crippen LogP contribution is -2.39. The molecule has 4 rings (SSSR count). The minimum atomic E-state index is -0.662. The Labute approximate surface area is 222 Å². The van der Waals surface area contributed by atoms with E-state index in [1.54, 1.807) is 42.7 Å². The normalized spacial score (nSPS) is 15.4. The number of benzene rings is 2. The fourth-order valence-corrected chi connectivity index (χ4v) is 5.61. The van der Waals surface area contributed by atoms with Crippen molar-refractivity contribution >= 4 is 46.6 Å². The average molecular weight is 543 g/mol. The molecule has 0 saturated carbocycles. The highest BCUT2D eigenvalue weighted by Crippen LogP contribution is 2.35. The minimum Gasteiger partial charge on any atom is -0.486 e. The van der Waals surface area contributed by atoms with Gasteiger partial charge >= 0.3 is 5.97 Å². The maximum absolute atomic E-state index is 13.7. The number of rotatable bonds is 7. The van der Waals surface area contributed by atoms with Crippen molar-refractivity contribution in [1.29, 1.82) is 0 Å². The van der Waals surface area contributed by atoms with Crippen molar-refractivity contribution in [1.82, 2.24) is 4.57 Å². The lowest BCUT2D eigenvalue weighted by molar-refractivity contribution is -0.139. The Bertz CT molecular complexity index is 1530. The Morgan fingerprint density at radius 1 is 1.19 bits per heavy atom. The second-order valence-electron chi connectivity index (χ2n) is 8.13.